The predicted molar refractivity (Wildman–Crippen MR) is 76.6 cm³/mol. The fourth-order valence-electron chi connectivity index (χ4n) is 6.29. The Morgan fingerprint density at radius 3 is 2.26 bits per heavy atom. The summed E-state index contributed by atoms with van der Waals surface area (Å²) in [4.78, 5) is 6.28. The zero-order valence-corrected chi connectivity index (χ0v) is 12.6. The summed E-state index contributed by atoms with van der Waals surface area (Å²) in [5.41, 5.74) is 0.436. The van der Waals surface area contributed by atoms with Crippen LogP contribution in [0.4, 0.5) is 0 Å². The molecule has 1 saturated heterocycles. The van der Waals surface area contributed by atoms with Crippen molar-refractivity contribution < 1.29 is 4.84 Å². The summed E-state index contributed by atoms with van der Waals surface area (Å²) in [5.74, 6) is 4.02. The summed E-state index contributed by atoms with van der Waals surface area (Å²) in [6.07, 6.45) is 13.3. The molecule has 1 spiro atoms. The Bertz CT molecular complexity index is 325. The van der Waals surface area contributed by atoms with E-state index in [2.05, 4.69) is 19.0 Å². The Balaban J connectivity index is 1.56. The molecule has 0 N–H and O–H groups in total. The molecule has 2 nitrogen and oxygen atoms in total. The minimum absolute atomic E-state index is 0.436. The maximum atomic E-state index is 6.28. The van der Waals surface area contributed by atoms with E-state index in [0.29, 0.717) is 11.6 Å². The Morgan fingerprint density at radius 1 is 1.05 bits per heavy atom. The molecule has 5 rings (SSSR count). The van der Waals surface area contributed by atoms with Crippen LogP contribution >= 0.6 is 0 Å². The first-order valence-corrected chi connectivity index (χ1v) is 8.63. The summed E-state index contributed by atoms with van der Waals surface area (Å²) in [5, 5.41) is 2.35. The van der Waals surface area contributed by atoms with Crippen LogP contribution in [0.1, 0.15) is 64.7 Å². The molecule has 5 aliphatic rings. The van der Waals surface area contributed by atoms with Crippen molar-refractivity contribution in [3.05, 3.63) is 0 Å². The third-order valence-corrected chi connectivity index (χ3v) is 6.88. The van der Waals surface area contributed by atoms with Crippen molar-refractivity contribution in [2.75, 3.05) is 7.05 Å². The highest BCUT2D eigenvalue weighted by Crippen LogP contribution is 2.63. The molecular formula is C17H29NO. The smallest absolute Gasteiger partial charge is 0.0812 e. The summed E-state index contributed by atoms with van der Waals surface area (Å²) >= 11 is 0. The van der Waals surface area contributed by atoms with Gasteiger partial charge in [-0.05, 0) is 68.6 Å². The Morgan fingerprint density at radius 2 is 1.68 bits per heavy atom. The van der Waals surface area contributed by atoms with Gasteiger partial charge in [0.05, 0.1) is 11.6 Å². The van der Waals surface area contributed by atoms with Gasteiger partial charge >= 0.3 is 0 Å². The van der Waals surface area contributed by atoms with Gasteiger partial charge in [-0.1, -0.05) is 19.8 Å². The molecular weight excluding hydrogens is 234 g/mol. The normalized spacial score (nSPS) is 52.4. The summed E-state index contributed by atoms with van der Waals surface area (Å²) < 4.78 is 0. The highest BCUT2D eigenvalue weighted by molar-refractivity contribution is 5.12. The average Bonchev–Trinajstić information content (AvgIpc) is 2.71. The Kier molecular flexibility index (Phi) is 2.97. The SMILES string of the molecule is CCCCC1CC2(C3CC4CC(C3)CC2C4)N(C)O1. The molecule has 2 heteroatoms. The fourth-order valence-corrected chi connectivity index (χ4v) is 6.29. The summed E-state index contributed by atoms with van der Waals surface area (Å²) in [7, 11) is 2.24. The van der Waals surface area contributed by atoms with Crippen LogP contribution in [0, 0.1) is 23.7 Å². The number of unbranched alkanes of at least 4 members (excludes halogenated alkanes) is 1. The molecule has 0 aromatic carbocycles. The van der Waals surface area contributed by atoms with Crippen molar-refractivity contribution in [1.29, 1.82) is 0 Å². The van der Waals surface area contributed by atoms with Gasteiger partial charge in [-0.25, -0.2) is 0 Å². The second-order valence-corrected chi connectivity index (χ2v) is 7.87. The van der Waals surface area contributed by atoms with E-state index in [1.165, 1.54) is 51.4 Å². The molecule has 1 unspecified atom stereocenters. The molecule has 1 aliphatic heterocycles. The average molecular weight is 263 g/mol. The second kappa shape index (κ2) is 4.46. The lowest BCUT2D eigenvalue weighted by Crippen LogP contribution is -2.62. The number of rotatable bonds is 3. The largest absolute Gasteiger partial charge is 0.295 e. The van der Waals surface area contributed by atoms with Crippen molar-refractivity contribution in [3.8, 4) is 0 Å². The standard InChI is InChI=1S/C17H29NO/c1-3-4-5-16-11-17(18(2)19-16)14-7-12-6-13(9-14)10-15(17)8-12/h12-16H,3-11H2,1-2H3. The second-order valence-electron chi connectivity index (χ2n) is 7.87. The maximum Gasteiger partial charge on any atom is 0.0812 e. The lowest BCUT2D eigenvalue weighted by molar-refractivity contribution is -0.228. The molecule has 108 valence electrons. The van der Waals surface area contributed by atoms with Gasteiger partial charge in [0.25, 0.3) is 0 Å². The van der Waals surface area contributed by atoms with Crippen LogP contribution in [-0.4, -0.2) is 23.8 Å². The first kappa shape index (κ1) is 12.6. The third kappa shape index (κ3) is 1.75. The molecule has 5 fully saturated rings. The summed E-state index contributed by atoms with van der Waals surface area (Å²) in [6.45, 7) is 2.29. The first-order valence-electron chi connectivity index (χ1n) is 8.63. The van der Waals surface area contributed by atoms with Gasteiger partial charge in [0.1, 0.15) is 0 Å². The molecule has 1 atom stereocenters. The highest BCUT2D eigenvalue weighted by atomic mass is 16.7. The molecule has 1 heterocycles. The third-order valence-electron chi connectivity index (χ3n) is 6.88. The number of hydrogen-bond donors (Lipinski definition) is 0. The van der Waals surface area contributed by atoms with Crippen molar-refractivity contribution in [2.45, 2.75) is 76.4 Å². The van der Waals surface area contributed by atoms with E-state index in [1.807, 2.05) is 0 Å². The van der Waals surface area contributed by atoms with Crippen LogP contribution in [-0.2, 0) is 4.84 Å². The molecule has 0 aromatic rings. The van der Waals surface area contributed by atoms with Crippen molar-refractivity contribution in [1.82, 2.24) is 5.06 Å². The number of nitrogens with zero attached hydrogens (tertiary/aromatic N) is 1. The first-order chi connectivity index (χ1) is 9.22. The van der Waals surface area contributed by atoms with Crippen LogP contribution in [0.15, 0.2) is 0 Å². The van der Waals surface area contributed by atoms with E-state index >= 15 is 0 Å². The topological polar surface area (TPSA) is 12.5 Å². The van der Waals surface area contributed by atoms with Crippen LogP contribution in [0.2, 0.25) is 0 Å². The van der Waals surface area contributed by atoms with Gasteiger partial charge in [-0.3, -0.25) is 4.84 Å². The van der Waals surface area contributed by atoms with E-state index < -0.39 is 0 Å². The van der Waals surface area contributed by atoms with Crippen LogP contribution in [0.5, 0.6) is 0 Å². The minimum Gasteiger partial charge on any atom is -0.295 e. The van der Waals surface area contributed by atoms with Gasteiger partial charge in [-0.15, -0.1) is 0 Å². The minimum atomic E-state index is 0.436. The maximum absolute atomic E-state index is 6.28. The summed E-state index contributed by atoms with van der Waals surface area (Å²) in [6, 6.07) is 0. The molecule has 4 bridgehead atoms. The van der Waals surface area contributed by atoms with E-state index in [4.69, 9.17) is 4.84 Å². The monoisotopic (exact) mass is 263 g/mol. The van der Waals surface area contributed by atoms with Crippen LogP contribution < -0.4 is 0 Å². The number of hydrogen-bond acceptors (Lipinski definition) is 2. The van der Waals surface area contributed by atoms with E-state index in [9.17, 15) is 0 Å². The Labute approximate surface area is 117 Å². The van der Waals surface area contributed by atoms with Gasteiger partial charge in [0.2, 0.25) is 0 Å². The molecule has 4 aliphatic carbocycles. The van der Waals surface area contributed by atoms with E-state index in [1.54, 1.807) is 6.42 Å². The van der Waals surface area contributed by atoms with Crippen molar-refractivity contribution in [3.63, 3.8) is 0 Å². The highest BCUT2D eigenvalue weighted by Gasteiger charge is 2.62. The Hall–Kier alpha value is -0.0800. The lowest BCUT2D eigenvalue weighted by Gasteiger charge is -2.61. The quantitative estimate of drug-likeness (QED) is 0.763. The zero-order chi connectivity index (χ0) is 13.0. The van der Waals surface area contributed by atoms with Crippen LogP contribution in [0.25, 0.3) is 0 Å². The number of hydroxylamine groups is 2. The van der Waals surface area contributed by atoms with Crippen molar-refractivity contribution >= 4 is 0 Å². The van der Waals surface area contributed by atoms with Crippen LogP contribution in [0.3, 0.4) is 0 Å². The molecule has 0 radical (unpaired) electrons. The van der Waals surface area contributed by atoms with Gasteiger partial charge < -0.3 is 0 Å². The van der Waals surface area contributed by atoms with Gasteiger partial charge in [0.15, 0.2) is 0 Å². The molecule has 0 amide bonds. The van der Waals surface area contributed by atoms with Crippen molar-refractivity contribution in [2.24, 2.45) is 23.7 Å². The molecule has 4 saturated carbocycles. The lowest BCUT2D eigenvalue weighted by atomic mass is 9.47. The predicted octanol–water partition coefficient (Wildman–Crippen LogP) is 4.01. The fraction of sp³-hybridized carbons (Fsp3) is 1.00. The van der Waals surface area contributed by atoms with Gasteiger partial charge in [-0.2, -0.15) is 5.06 Å². The molecule has 0 aromatic heterocycles. The molecule has 19 heavy (non-hydrogen) atoms. The van der Waals surface area contributed by atoms with Gasteiger partial charge in [0, 0.05) is 7.05 Å². The van der Waals surface area contributed by atoms with E-state index in [0.717, 1.165) is 23.7 Å². The van der Waals surface area contributed by atoms with E-state index in [-0.39, 0.29) is 0 Å². The zero-order valence-electron chi connectivity index (χ0n) is 12.6.